The maximum atomic E-state index is 12.8. The number of amides is 1. The average molecular weight is 428 g/mol. The third-order valence-corrected chi connectivity index (χ3v) is 7.33. The lowest BCUT2D eigenvalue weighted by Crippen LogP contribution is -2.31. The van der Waals surface area contributed by atoms with Crippen LogP contribution in [0.4, 0.5) is 0 Å². The Kier molecular flexibility index (Phi) is 6.15. The first-order valence-corrected chi connectivity index (χ1v) is 11.7. The molecule has 1 aromatic heterocycles. The van der Waals surface area contributed by atoms with Gasteiger partial charge in [0.25, 0.3) is 5.91 Å². The highest BCUT2D eigenvalue weighted by Gasteiger charge is 2.24. The number of nitrogens with zero attached hydrogens (tertiary/aromatic N) is 2. The van der Waals surface area contributed by atoms with Gasteiger partial charge in [0.15, 0.2) is 12.0 Å². The van der Waals surface area contributed by atoms with Gasteiger partial charge in [0.2, 0.25) is 10.0 Å². The van der Waals surface area contributed by atoms with Crippen LogP contribution in [0.25, 0.3) is 11.1 Å². The zero-order valence-corrected chi connectivity index (χ0v) is 17.5. The number of nitrogens with one attached hydrogen (secondary N) is 1. The van der Waals surface area contributed by atoms with Crippen LogP contribution in [-0.2, 0) is 16.4 Å². The van der Waals surface area contributed by atoms with Gasteiger partial charge >= 0.3 is 0 Å². The Labute approximate surface area is 176 Å². The molecule has 4 rings (SSSR count). The van der Waals surface area contributed by atoms with Crippen molar-refractivity contribution in [1.82, 2.24) is 14.6 Å². The van der Waals surface area contributed by atoms with Crippen LogP contribution in [0.2, 0.25) is 0 Å². The van der Waals surface area contributed by atoms with Crippen LogP contribution in [0, 0.1) is 0 Å². The number of carbonyl (C=O) groups excluding carboxylic acids is 1. The van der Waals surface area contributed by atoms with E-state index in [-0.39, 0.29) is 5.91 Å². The van der Waals surface area contributed by atoms with Gasteiger partial charge in [0.1, 0.15) is 5.52 Å². The Morgan fingerprint density at radius 3 is 2.50 bits per heavy atom. The summed E-state index contributed by atoms with van der Waals surface area (Å²) in [5.74, 6) is -0.180. The maximum Gasteiger partial charge on any atom is 0.251 e. The van der Waals surface area contributed by atoms with Crippen LogP contribution in [-0.4, -0.2) is 43.2 Å². The summed E-state index contributed by atoms with van der Waals surface area (Å²) in [4.78, 5) is 16.7. The van der Waals surface area contributed by atoms with E-state index in [1.54, 1.807) is 34.6 Å². The topological polar surface area (TPSA) is 92.5 Å². The van der Waals surface area contributed by atoms with Crippen molar-refractivity contribution in [3.63, 3.8) is 0 Å². The van der Waals surface area contributed by atoms with Gasteiger partial charge < -0.3 is 9.73 Å². The Morgan fingerprint density at radius 1 is 1.03 bits per heavy atom. The Morgan fingerprint density at radius 2 is 1.77 bits per heavy atom. The van der Waals surface area contributed by atoms with Crippen LogP contribution >= 0.6 is 0 Å². The van der Waals surface area contributed by atoms with Crippen LogP contribution in [0.3, 0.4) is 0 Å². The van der Waals surface area contributed by atoms with Crippen molar-refractivity contribution in [3.8, 4) is 0 Å². The summed E-state index contributed by atoms with van der Waals surface area (Å²) < 4.78 is 32.5. The molecule has 2 heterocycles. The summed E-state index contributed by atoms with van der Waals surface area (Å²) >= 11 is 0. The summed E-state index contributed by atoms with van der Waals surface area (Å²) in [6.07, 6.45) is 5.97. The number of oxazole rings is 1. The molecule has 0 aliphatic carbocycles. The van der Waals surface area contributed by atoms with E-state index in [0.29, 0.717) is 47.6 Å². The van der Waals surface area contributed by atoms with Crippen LogP contribution in [0.1, 0.15) is 41.6 Å². The molecule has 1 aliphatic rings. The second kappa shape index (κ2) is 8.97. The molecule has 3 aromatic rings. The molecule has 30 heavy (non-hydrogen) atoms. The van der Waals surface area contributed by atoms with Gasteiger partial charge in [-0.15, -0.1) is 0 Å². The normalized spacial score (nSPS) is 15.7. The lowest BCUT2D eigenvalue weighted by Gasteiger charge is -2.20. The van der Waals surface area contributed by atoms with E-state index in [4.69, 9.17) is 4.42 Å². The highest BCUT2D eigenvalue weighted by Crippen LogP contribution is 2.21. The highest BCUT2D eigenvalue weighted by molar-refractivity contribution is 7.89. The molecule has 1 N–H and O–H groups in total. The van der Waals surface area contributed by atoms with Crippen LogP contribution in [0.5, 0.6) is 0 Å². The number of fused-ring (bicyclic) bond motifs is 1. The van der Waals surface area contributed by atoms with Gasteiger partial charge in [0.05, 0.1) is 4.90 Å². The molecule has 1 fully saturated rings. The number of sulfonamides is 1. The number of rotatable bonds is 6. The summed E-state index contributed by atoms with van der Waals surface area (Å²) in [6.45, 7) is 1.64. The molecular formula is C22H25N3O4S. The molecule has 0 spiro atoms. The van der Waals surface area contributed by atoms with Crippen molar-refractivity contribution in [1.29, 1.82) is 0 Å². The molecule has 1 saturated heterocycles. The van der Waals surface area contributed by atoms with Gasteiger partial charge in [-0.05, 0) is 55.2 Å². The second-order valence-corrected chi connectivity index (χ2v) is 9.44. The van der Waals surface area contributed by atoms with Crippen molar-refractivity contribution in [2.75, 3.05) is 19.6 Å². The third kappa shape index (κ3) is 4.55. The van der Waals surface area contributed by atoms with E-state index in [1.807, 2.05) is 12.1 Å². The monoisotopic (exact) mass is 427 g/mol. The Balaban J connectivity index is 1.33. The van der Waals surface area contributed by atoms with E-state index in [1.165, 1.54) is 6.39 Å². The lowest BCUT2D eigenvalue weighted by molar-refractivity contribution is 0.0954. The number of aromatic nitrogens is 1. The highest BCUT2D eigenvalue weighted by atomic mass is 32.2. The molecule has 158 valence electrons. The zero-order valence-electron chi connectivity index (χ0n) is 16.7. The number of carbonyl (C=O) groups is 1. The molecule has 7 nitrogen and oxygen atoms in total. The first kappa shape index (κ1) is 20.6. The van der Waals surface area contributed by atoms with Crippen molar-refractivity contribution in [2.45, 2.75) is 37.0 Å². The number of benzene rings is 2. The van der Waals surface area contributed by atoms with Gasteiger partial charge in [-0.25, -0.2) is 13.4 Å². The fraction of sp³-hybridized carbons (Fsp3) is 0.364. The van der Waals surface area contributed by atoms with E-state index >= 15 is 0 Å². The molecule has 0 radical (unpaired) electrons. The minimum Gasteiger partial charge on any atom is -0.443 e. The first-order chi connectivity index (χ1) is 14.5. The standard InChI is InChI=1S/C22H25N3O4S/c26-22(18-7-10-21-20(15-18)24-16-29-21)23-12-11-17-5-8-19(9-6-17)30(27,28)25-13-3-1-2-4-14-25/h5-10,15-16H,1-4,11-14H2,(H,23,26). The molecule has 8 heteroatoms. The van der Waals surface area contributed by atoms with E-state index < -0.39 is 10.0 Å². The smallest absolute Gasteiger partial charge is 0.251 e. The average Bonchev–Trinajstić information content (AvgIpc) is 3.04. The summed E-state index contributed by atoms with van der Waals surface area (Å²) in [7, 11) is -3.44. The van der Waals surface area contributed by atoms with Gasteiger partial charge in [-0.3, -0.25) is 4.79 Å². The summed E-state index contributed by atoms with van der Waals surface area (Å²) in [6, 6.07) is 12.1. The van der Waals surface area contributed by atoms with Crippen molar-refractivity contribution in [3.05, 3.63) is 60.0 Å². The number of hydrogen-bond donors (Lipinski definition) is 1. The predicted octanol–water partition coefficient (Wildman–Crippen LogP) is 3.37. The van der Waals surface area contributed by atoms with E-state index in [0.717, 1.165) is 31.2 Å². The van der Waals surface area contributed by atoms with Crippen LogP contribution < -0.4 is 5.32 Å². The largest absolute Gasteiger partial charge is 0.443 e. The van der Waals surface area contributed by atoms with Gasteiger partial charge in [0, 0.05) is 25.2 Å². The van der Waals surface area contributed by atoms with Gasteiger partial charge in [-0.1, -0.05) is 25.0 Å². The molecule has 0 unspecified atom stereocenters. The summed E-state index contributed by atoms with van der Waals surface area (Å²) in [5, 5.41) is 2.88. The molecule has 0 atom stereocenters. The third-order valence-electron chi connectivity index (χ3n) is 5.42. The quantitative estimate of drug-likeness (QED) is 0.651. The van der Waals surface area contributed by atoms with Crippen molar-refractivity contribution in [2.24, 2.45) is 0 Å². The Bertz CT molecular complexity index is 1110. The first-order valence-electron chi connectivity index (χ1n) is 10.2. The van der Waals surface area contributed by atoms with Crippen LogP contribution in [0.15, 0.2) is 58.2 Å². The SMILES string of the molecule is O=C(NCCc1ccc(S(=O)(=O)N2CCCCCC2)cc1)c1ccc2ocnc2c1. The zero-order chi connectivity index (χ0) is 21.0. The van der Waals surface area contributed by atoms with Gasteiger partial charge in [-0.2, -0.15) is 4.31 Å². The molecule has 1 aliphatic heterocycles. The molecular weight excluding hydrogens is 402 g/mol. The Hall–Kier alpha value is -2.71. The minimum atomic E-state index is -3.44. The lowest BCUT2D eigenvalue weighted by atomic mass is 10.1. The second-order valence-electron chi connectivity index (χ2n) is 7.50. The van der Waals surface area contributed by atoms with E-state index in [9.17, 15) is 13.2 Å². The number of hydrogen-bond acceptors (Lipinski definition) is 5. The molecule has 1 amide bonds. The fourth-order valence-corrected chi connectivity index (χ4v) is 5.20. The minimum absolute atomic E-state index is 0.180. The predicted molar refractivity (Wildman–Crippen MR) is 114 cm³/mol. The maximum absolute atomic E-state index is 12.8. The van der Waals surface area contributed by atoms with Crippen molar-refractivity contribution < 1.29 is 17.6 Å². The molecule has 2 aromatic carbocycles. The molecule has 0 saturated carbocycles. The van der Waals surface area contributed by atoms with E-state index in [2.05, 4.69) is 10.3 Å². The fourth-order valence-electron chi connectivity index (χ4n) is 3.68. The van der Waals surface area contributed by atoms with Crippen molar-refractivity contribution >= 4 is 27.0 Å². The molecule has 0 bridgehead atoms. The summed E-state index contributed by atoms with van der Waals surface area (Å²) in [5.41, 5.74) is 2.78.